The predicted molar refractivity (Wildman–Crippen MR) is 79.4 cm³/mol. The number of benzene rings is 1. The standard InChI is InChI=1S/C16H23NO2/c1-4-6-7-8-13-17(14(3)18)15-9-11-16(12-10-15)19-5-2/h8-13H,4-7H2,1-3H3/b13-8-. The van der Waals surface area contributed by atoms with E-state index in [1.807, 2.05) is 43.5 Å². The molecule has 3 heteroatoms. The van der Waals surface area contributed by atoms with E-state index in [0.29, 0.717) is 6.61 Å². The highest BCUT2D eigenvalue weighted by Gasteiger charge is 2.07. The molecule has 0 aliphatic rings. The molecule has 0 saturated heterocycles. The van der Waals surface area contributed by atoms with Crippen LogP contribution in [0.3, 0.4) is 0 Å². The van der Waals surface area contributed by atoms with Crippen molar-refractivity contribution < 1.29 is 9.53 Å². The Hall–Kier alpha value is -1.77. The van der Waals surface area contributed by atoms with Gasteiger partial charge in [-0.2, -0.15) is 0 Å². The summed E-state index contributed by atoms with van der Waals surface area (Å²) in [6.07, 6.45) is 7.20. The lowest BCUT2D eigenvalue weighted by atomic mass is 10.2. The van der Waals surface area contributed by atoms with Gasteiger partial charge >= 0.3 is 0 Å². The molecule has 0 radical (unpaired) electrons. The summed E-state index contributed by atoms with van der Waals surface area (Å²) in [5.41, 5.74) is 0.865. The minimum atomic E-state index is 0.0110. The monoisotopic (exact) mass is 261 g/mol. The van der Waals surface area contributed by atoms with Crippen LogP contribution < -0.4 is 9.64 Å². The van der Waals surface area contributed by atoms with Crippen LogP contribution in [0.25, 0.3) is 0 Å². The number of carbonyl (C=O) groups is 1. The molecular weight excluding hydrogens is 238 g/mol. The molecule has 0 spiro atoms. The van der Waals surface area contributed by atoms with Crippen LogP contribution >= 0.6 is 0 Å². The first-order valence-corrected chi connectivity index (χ1v) is 6.88. The third kappa shape index (κ3) is 5.16. The molecule has 0 unspecified atom stereocenters. The fourth-order valence-electron chi connectivity index (χ4n) is 1.74. The van der Waals surface area contributed by atoms with Crippen LogP contribution in [0, 0.1) is 0 Å². The Morgan fingerprint density at radius 2 is 1.95 bits per heavy atom. The van der Waals surface area contributed by atoms with Crippen molar-refractivity contribution in [2.45, 2.75) is 40.0 Å². The molecule has 0 heterocycles. The van der Waals surface area contributed by atoms with E-state index in [4.69, 9.17) is 4.74 Å². The minimum absolute atomic E-state index is 0.0110. The van der Waals surface area contributed by atoms with Crippen LogP contribution in [0.5, 0.6) is 5.75 Å². The van der Waals surface area contributed by atoms with E-state index in [-0.39, 0.29) is 5.91 Å². The van der Waals surface area contributed by atoms with Crippen molar-refractivity contribution >= 4 is 11.6 Å². The van der Waals surface area contributed by atoms with E-state index in [1.54, 1.807) is 11.8 Å². The first-order chi connectivity index (χ1) is 9.19. The van der Waals surface area contributed by atoms with E-state index in [9.17, 15) is 4.79 Å². The summed E-state index contributed by atoms with van der Waals surface area (Å²) in [7, 11) is 0. The fraction of sp³-hybridized carbons (Fsp3) is 0.438. The van der Waals surface area contributed by atoms with Crippen molar-refractivity contribution in [1.29, 1.82) is 0 Å². The van der Waals surface area contributed by atoms with Gasteiger partial charge in [0, 0.05) is 18.8 Å². The number of hydrogen-bond acceptors (Lipinski definition) is 2. The minimum Gasteiger partial charge on any atom is -0.494 e. The molecule has 0 aromatic heterocycles. The zero-order valence-electron chi connectivity index (χ0n) is 12.1. The van der Waals surface area contributed by atoms with Crippen LogP contribution in [-0.2, 0) is 4.79 Å². The van der Waals surface area contributed by atoms with Gasteiger partial charge in [0.2, 0.25) is 5.91 Å². The second kappa shape index (κ2) is 8.35. The normalized spacial score (nSPS) is 10.7. The van der Waals surface area contributed by atoms with Crippen LogP contribution in [0.1, 0.15) is 40.0 Å². The van der Waals surface area contributed by atoms with Crippen molar-refractivity contribution in [1.82, 2.24) is 0 Å². The van der Waals surface area contributed by atoms with Crippen LogP contribution in [0.15, 0.2) is 36.5 Å². The Kier molecular flexibility index (Phi) is 6.72. The highest BCUT2D eigenvalue weighted by atomic mass is 16.5. The summed E-state index contributed by atoms with van der Waals surface area (Å²) in [6.45, 7) is 6.32. The number of hydrogen-bond donors (Lipinski definition) is 0. The summed E-state index contributed by atoms with van der Waals surface area (Å²) in [6, 6.07) is 7.57. The zero-order valence-corrected chi connectivity index (χ0v) is 12.1. The first kappa shape index (κ1) is 15.3. The quantitative estimate of drug-likeness (QED) is 0.690. The molecule has 0 N–H and O–H groups in total. The summed E-state index contributed by atoms with van der Waals surface area (Å²) in [4.78, 5) is 13.3. The van der Waals surface area contributed by atoms with Gasteiger partial charge in [-0.05, 0) is 37.6 Å². The topological polar surface area (TPSA) is 29.5 Å². The highest BCUT2D eigenvalue weighted by Crippen LogP contribution is 2.20. The van der Waals surface area contributed by atoms with E-state index >= 15 is 0 Å². The number of allylic oxidation sites excluding steroid dienone is 1. The molecule has 0 aliphatic carbocycles. The Labute approximate surface area is 115 Å². The lowest BCUT2D eigenvalue weighted by molar-refractivity contribution is -0.116. The Morgan fingerprint density at radius 3 is 2.47 bits per heavy atom. The molecule has 19 heavy (non-hydrogen) atoms. The molecular formula is C16H23NO2. The molecule has 3 nitrogen and oxygen atoms in total. The van der Waals surface area contributed by atoms with Gasteiger partial charge in [0.05, 0.1) is 6.61 Å². The summed E-state index contributed by atoms with van der Waals surface area (Å²) >= 11 is 0. The second-order valence-electron chi connectivity index (χ2n) is 4.34. The van der Waals surface area contributed by atoms with Gasteiger partial charge in [-0.3, -0.25) is 9.69 Å². The smallest absolute Gasteiger partial charge is 0.227 e. The van der Waals surface area contributed by atoms with Gasteiger partial charge in [0.15, 0.2) is 0 Å². The number of unbranched alkanes of at least 4 members (excludes halogenated alkanes) is 2. The van der Waals surface area contributed by atoms with Gasteiger partial charge in [0.1, 0.15) is 5.75 Å². The van der Waals surface area contributed by atoms with E-state index in [1.165, 1.54) is 0 Å². The van der Waals surface area contributed by atoms with Crippen molar-refractivity contribution in [2.75, 3.05) is 11.5 Å². The lowest BCUT2D eigenvalue weighted by Gasteiger charge is -2.17. The van der Waals surface area contributed by atoms with E-state index in [2.05, 4.69) is 6.92 Å². The van der Waals surface area contributed by atoms with E-state index < -0.39 is 0 Å². The molecule has 0 saturated carbocycles. The molecule has 104 valence electrons. The SMILES string of the molecule is CCCC/C=C\N(C(C)=O)c1ccc(OCC)cc1. The second-order valence-corrected chi connectivity index (χ2v) is 4.34. The maximum absolute atomic E-state index is 11.7. The number of nitrogens with zero attached hydrogens (tertiary/aromatic N) is 1. The molecule has 1 rings (SSSR count). The van der Waals surface area contributed by atoms with Crippen molar-refractivity contribution in [3.63, 3.8) is 0 Å². The van der Waals surface area contributed by atoms with Crippen molar-refractivity contribution in [3.05, 3.63) is 36.5 Å². The molecule has 0 fully saturated rings. The van der Waals surface area contributed by atoms with Gasteiger partial charge < -0.3 is 4.74 Å². The summed E-state index contributed by atoms with van der Waals surface area (Å²) < 4.78 is 5.39. The largest absolute Gasteiger partial charge is 0.494 e. The van der Waals surface area contributed by atoms with Gasteiger partial charge in [0.25, 0.3) is 0 Å². The highest BCUT2D eigenvalue weighted by molar-refractivity contribution is 5.93. The van der Waals surface area contributed by atoms with Crippen LogP contribution in [0.2, 0.25) is 0 Å². The van der Waals surface area contributed by atoms with Crippen LogP contribution in [0.4, 0.5) is 5.69 Å². The summed E-state index contributed by atoms with van der Waals surface area (Å²) in [5, 5.41) is 0. The number of rotatable bonds is 7. The summed E-state index contributed by atoms with van der Waals surface area (Å²) in [5.74, 6) is 0.835. The Balaban J connectivity index is 2.75. The van der Waals surface area contributed by atoms with Crippen molar-refractivity contribution in [3.8, 4) is 5.75 Å². The zero-order chi connectivity index (χ0) is 14.1. The molecule has 1 aromatic rings. The molecule has 1 amide bonds. The van der Waals surface area contributed by atoms with Gasteiger partial charge in [-0.25, -0.2) is 0 Å². The van der Waals surface area contributed by atoms with Gasteiger partial charge in [-0.15, -0.1) is 0 Å². The average Bonchev–Trinajstić information content (AvgIpc) is 2.40. The Morgan fingerprint density at radius 1 is 1.26 bits per heavy atom. The third-order valence-corrected chi connectivity index (χ3v) is 2.74. The van der Waals surface area contributed by atoms with E-state index in [0.717, 1.165) is 30.7 Å². The lowest BCUT2D eigenvalue weighted by Crippen LogP contribution is -2.21. The average molecular weight is 261 g/mol. The number of anilines is 1. The fourth-order valence-corrected chi connectivity index (χ4v) is 1.74. The predicted octanol–water partition coefficient (Wildman–Crippen LogP) is 4.14. The molecule has 1 aromatic carbocycles. The number of carbonyl (C=O) groups excluding carboxylic acids is 1. The first-order valence-electron chi connectivity index (χ1n) is 6.88. The van der Waals surface area contributed by atoms with Crippen LogP contribution in [-0.4, -0.2) is 12.5 Å². The maximum Gasteiger partial charge on any atom is 0.227 e. The molecule has 0 bridgehead atoms. The Bertz CT molecular complexity index is 409. The maximum atomic E-state index is 11.7. The number of amides is 1. The van der Waals surface area contributed by atoms with Crippen molar-refractivity contribution in [2.24, 2.45) is 0 Å². The number of ether oxygens (including phenoxy) is 1. The third-order valence-electron chi connectivity index (χ3n) is 2.74. The molecule has 0 atom stereocenters. The van der Waals surface area contributed by atoms with Gasteiger partial charge in [-0.1, -0.05) is 25.8 Å². The molecule has 0 aliphatic heterocycles.